The normalized spacial score (nSPS) is 14.9. The van der Waals surface area contributed by atoms with E-state index in [0.29, 0.717) is 17.6 Å². The van der Waals surface area contributed by atoms with E-state index in [9.17, 15) is 9.18 Å². The van der Waals surface area contributed by atoms with Gasteiger partial charge < -0.3 is 5.73 Å². The Labute approximate surface area is 109 Å². The third kappa shape index (κ3) is 5.62. The van der Waals surface area contributed by atoms with Gasteiger partial charge in [0.15, 0.2) is 0 Å². The zero-order chi connectivity index (χ0) is 14.1. The summed E-state index contributed by atoms with van der Waals surface area (Å²) in [5, 5.41) is 0. The number of nitrogens with two attached hydrogens (primary N) is 1. The average molecular weight is 251 g/mol. The Bertz CT molecular complexity index is 414. The third-order valence-electron chi connectivity index (χ3n) is 2.53. The van der Waals surface area contributed by atoms with Gasteiger partial charge in [0.05, 0.1) is 0 Å². The largest absolute Gasteiger partial charge is 0.366 e. The molecular formula is C15H22FNO. The zero-order valence-electron chi connectivity index (χ0n) is 11.6. The van der Waals surface area contributed by atoms with Crippen LogP contribution >= 0.6 is 0 Å². The molecule has 0 radical (unpaired) electrons. The van der Waals surface area contributed by atoms with Crippen molar-refractivity contribution in [3.63, 3.8) is 0 Å². The Hall–Kier alpha value is -1.64. The van der Waals surface area contributed by atoms with Crippen molar-refractivity contribution in [2.24, 2.45) is 5.73 Å². The van der Waals surface area contributed by atoms with Crippen molar-refractivity contribution in [3.05, 3.63) is 46.9 Å². The number of hydrogen-bond acceptors (Lipinski definition) is 1. The molecule has 0 rings (SSSR count). The van der Waals surface area contributed by atoms with Gasteiger partial charge in [0.1, 0.15) is 5.83 Å². The number of halogens is 1. The first-order valence-electron chi connectivity index (χ1n) is 6.17. The van der Waals surface area contributed by atoms with E-state index in [1.807, 2.05) is 20.8 Å². The first-order valence-corrected chi connectivity index (χ1v) is 6.17. The van der Waals surface area contributed by atoms with Gasteiger partial charge in [0.25, 0.3) is 0 Å². The van der Waals surface area contributed by atoms with Crippen molar-refractivity contribution in [2.75, 3.05) is 0 Å². The number of allylic oxidation sites excluding steroid dienone is 6. The Balaban J connectivity index is 5.30. The zero-order valence-corrected chi connectivity index (χ0v) is 11.6. The maximum absolute atomic E-state index is 13.7. The molecule has 0 fully saturated rings. The topological polar surface area (TPSA) is 43.1 Å². The molecule has 2 nitrogen and oxygen atoms in total. The molecule has 18 heavy (non-hydrogen) atoms. The van der Waals surface area contributed by atoms with Gasteiger partial charge in [-0.05, 0) is 44.4 Å². The monoisotopic (exact) mass is 251 g/mol. The van der Waals surface area contributed by atoms with Gasteiger partial charge in [0, 0.05) is 5.57 Å². The second kappa shape index (κ2) is 8.45. The van der Waals surface area contributed by atoms with Crippen LogP contribution in [0.4, 0.5) is 4.39 Å². The molecule has 1 amide bonds. The molecule has 0 unspecified atom stereocenters. The molecule has 0 saturated carbocycles. The first kappa shape index (κ1) is 16.4. The lowest BCUT2D eigenvalue weighted by Gasteiger charge is -2.04. The molecule has 0 spiro atoms. The first-order chi connectivity index (χ1) is 8.46. The van der Waals surface area contributed by atoms with E-state index in [2.05, 4.69) is 0 Å². The van der Waals surface area contributed by atoms with Crippen LogP contribution in [0.1, 0.15) is 40.5 Å². The fraction of sp³-hybridized carbons (Fsp3) is 0.400. The van der Waals surface area contributed by atoms with Crippen molar-refractivity contribution >= 4 is 5.91 Å². The quantitative estimate of drug-likeness (QED) is 0.563. The highest BCUT2D eigenvalue weighted by molar-refractivity contribution is 5.97. The fourth-order valence-electron chi connectivity index (χ4n) is 1.41. The van der Waals surface area contributed by atoms with Gasteiger partial charge in [-0.25, -0.2) is 4.39 Å². The molecule has 0 aromatic heterocycles. The summed E-state index contributed by atoms with van der Waals surface area (Å²) in [6.45, 7) is 7.47. The van der Waals surface area contributed by atoms with Crippen LogP contribution in [0.15, 0.2) is 46.9 Å². The molecule has 100 valence electrons. The maximum atomic E-state index is 13.7. The summed E-state index contributed by atoms with van der Waals surface area (Å²) in [5.41, 5.74) is 7.11. The van der Waals surface area contributed by atoms with Crippen molar-refractivity contribution in [3.8, 4) is 0 Å². The molecule has 0 aliphatic rings. The van der Waals surface area contributed by atoms with E-state index < -0.39 is 5.91 Å². The summed E-state index contributed by atoms with van der Waals surface area (Å²) in [6.07, 6.45) is 7.66. The van der Waals surface area contributed by atoms with Gasteiger partial charge in [-0.15, -0.1) is 0 Å². The van der Waals surface area contributed by atoms with Crippen LogP contribution in [0.5, 0.6) is 0 Å². The molecule has 0 aliphatic heterocycles. The number of carbonyl (C=O) groups excluding carboxylic acids is 1. The molecule has 0 bridgehead atoms. The van der Waals surface area contributed by atoms with Crippen LogP contribution in [-0.4, -0.2) is 5.91 Å². The summed E-state index contributed by atoms with van der Waals surface area (Å²) < 4.78 is 13.7. The highest BCUT2D eigenvalue weighted by atomic mass is 19.1. The predicted octanol–water partition coefficient (Wildman–Crippen LogP) is 3.96. The molecule has 0 heterocycles. The Morgan fingerprint density at radius 1 is 1.28 bits per heavy atom. The third-order valence-corrected chi connectivity index (χ3v) is 2.53. The van der Waals surface area contributed by atoms with E-state index >= 15 is 0 Å². The van der Waals surface area contributed by atoms with E-state index in [0.717, 1.165) is 12.0 Å². The highest BCUT2D eigenvalue weighted by Crippen LogP contribution is 2.17. The average Bonchev–Trinajstić information content (AvgIpc) is 2.32. The van der Waals surface area contributed by atoms with E-state index in [4.69, 9.17) is 5.73 Å². The van der Waals surface area contributed by atoms with Crippen molar-refractivity contribution in [1.29, 1.82) is 0 Å². The minimum Gasteiger partial charge on any atom is -0.366 e. The Morgan fingerprint density at radius 3 is 2.28 bits per heavy atom. The van der Waals surface area contributed by atoms with Crippen LogP contribution in [0.2, 0.25) is 0 Å². The fourth-order valence-corrected chi connectivity index (χ4v) is 1.41. The maximum Gasteiger partial charge on any atom is 0.248 e. The number of carbonyl (C=O) groups is 1. The van der Waals surface area contributed by atoms with Crippen LogP contribution in [0.3, 0.4) is 0 Å². The van der Waals surface area contributed by atoms with E-state index in [-0.39, 0.29) is 5.83 Å². The molecular weight excluding hydrogens is 229 g/mol. The second-order valence-electron chi connectivity index (χ2n) is 4.01. The minimum atomic E-state index is -0.537. The van der Waals surface area contributed by atoms with Crippen LogP contribution in [0, 0.1) is 0 Å². The lowest BCUT2D eigenvalue weighted by Crippen LogP contribution is -2.15. The molecule has 0 saturated heterocycles. The Morgan fingerprint density at radius 2 is 1.89 bits per heavy atom. The number of primary amides is 1. The molecule has 3 heteroatoms. The van der Waals surface area contributed by atoms with Crippen LogP contribution in [-0.2, 0) is 4.79 Å². The van der Waals surface area contributed by atoms with Crippen molar-refractivity contribution in [1.82, 2.24) is 0 Å². The summed E-state index contributed by atoms with van der Waals surface area (Å²) in [4.78, 5) is 11.3. The standard InChI is InChI=1S/C15H22FNO/c1-5-8-14(15(17)18)12(7-3)10-13(16)9-11(4)6-2/h7-10H,5-6H2,1-4H3,(H2,17,18)/b11-9+,12-7+,13-10+,14-8-. The van der Waals surface area contributed by atoms with Gasteiger partial charge in [-0.1, -0.05) is 31.6 Å². The number of amides is 1. The smallest absolute Gasteiger partial charge is 0.248 e. The molecule has 0 aromatic carbocycles. The highest BCUT2D eigenvalue weighted by Gasteiger charge is 2.08. The molecule has 0 atom stereocenters. The number of hydrogen-bond donors (Lipinski definition) is 1. The van der Waals surface area contributed by atoms with Gasteiger partial charge in [-0.2, -0.15) is 0 Å². The van der Waals surface area contributed by atoms with Crippen LogP contribution in [0.25, 0.3) is 0 Å². The minimum absolute atomic E-state index is 0.359. The summed E-state index contributed by atoms with van der Waals surface area (Å²) >= 11 is 0. The van der Waals surface area contributed by atoms with E-state index in [1.54, 1.807) is 19.1 Å². The lowest BCUT2D eigenvalue weighted by molar-refractivity contribution is -0.114. The lowest BCUT2D eigenvalue weighted by atomic mass is 10.0. The van der Waals surface area contributed by atoms with E-state index in [1.165, 1.54) is 12.2 Å². The van der Waals surface area contributed by atoms with Crippen LogP contribution < -0.4 is 5.73 Å². The summed E-state index contributed by atoms with van der Waals surface area (Å²) in [7, 11) is 0. The predicted molar refractivity (Wildman–Crippen MR) is 74.6 cm³/mol. The Kier molecular flexibility index (Phi) is 7.68. The van der Waals surface area contributed by atoms with Gasteiger partial charge in [0.2, 0.25) is 5.91 Å². The van der Waals surface area contributed by atoms with Gasteiger partial charge in [-0.3, -0.25) is 4.79 Å². The summed E-state index contributed by atoms with van der Waals surface area (Å²) in [5.74, 6) is -0.907. The van der Waals surface area contributed by atoms with Crippen molar-refractivity contribution < 1.29 is 9.18 Å². The molecule has 0 aromatic rings. The number of rotatable bonds is 6. The second-order valence-corrected chi connectivity index (χ2v) is 4.01. The molecule has 0 aliphatic carbocycles. The van der Waals surface area contributed by atoms with Gasteiger partial charge >= 0.3 is 0 Å². The molecule has 2 N–H and O–H groups in total. The SMILES string of the molecule is C/C=C(\C=C(F)/C=C(\C)CC)C(=C/CC)/C(N)=O. The summed E-state index contributed by atoms with van der Waals surface area (Å²) in [6, 6.07) is 0. The van der Waals surface area contributed by atoms with Crippen molar-refractivity contribution in [2.45, 2.75) is 40.5 Å².